The van der Waals surface area contributed by atoms with Gasteiger partial charge in [0.1, 0.15) is 12.7 Å². The first-order valence-electron chi connectivity index (χ1n) is 9.27. The fourth-order valence-corrected chi connectivity index (χ4v) is 2.66. The van der Waals surface area contributed by atoms with Crippen LogP contribution >= 0.6 is 24.0 Å². The Kier molecular flexibility index (Phi) is 9.12. The van der Waals surface area contributed by atoms with Crippen LogP contribution in [0.4, 0.5) is 0 Å². The van der Waals surface area contributed by atoms with Gasteiger partial charge >= 0.3 is 0 Å². The number of ether oxygens (including phenoxy) is 3. The van der Waals surface area contributed by atoms with E-state index < -0.39 is 0 Å². The molecule has 1 aliphatic rings. The SMILES string of the molecule is CCNC(=NCc1ccnc(OCC)c1)NCC1COc2ccccc2O1.I. The minimum atomic E-state index is -0.0748. The molecule has 3 rings (SSSR count). The topological polar surface area (TPSA) is 77.0 Å². The largest absolute Gasteiger partial charge is 0.486 e. The Bertz CT molecular complexity index is 773. The number of pyridine rings is 1. The van der Waals surface area contributed by atoms with Gasteiger partial charge in [0, 0.05) is 18.8 Å². The summed E-state index contributed by atoms with van der Waals surface area (Å²) in [5.74, 6) is 2.92. The first kappa shape index (κ1) is 22.1. The summed E-state index contributed by atoms with van der Waals surface area (Å²) in [6, 6.07) is 11.5. The van der Waals surface area contributed by atoms with Crippen molar-refractivity contribution in [1.82, 2.24) is 15.6 Å². The third-order valence-corrected chi connectivity index (χ3v) is 3.92. The summed E-state index contributed by atoms with van der Waals surface area (Å²) in [6.45, 7) is 6.98. The van der Waals surface area contributed by atoms with Gasteiger partial charge in [-0.2, -0.15) is 0 Å². The van der Waals surface area contributed by atoms with E-state index >= 15 is 0 Å². The maximum absolute atomic E-state index is 5.97. The number of halogens is 1. The molecule has 1 aromatic heterocycles. The van der Waals surface area contributed by atoms with Crippen molar-refractivity contribution in [3.63, 3.8) is 0 Å². The van der Waals surface area contributed by atoms with Gasteiger partial charge < -0.3 is 24.8 Å². The highest BCUT2D eigenvalue weighted by atomic mass is 127. The van der Waals surface area contributed by atoms with Crippen LogP contribution in [0.15, 0.2) is 47.6 Å². The molecule has 0 spiro atoms. The number of nitrogens with zero attached hydrogens (tertiary/aromatic N) is 2. The van der Waals surface area contributed by atoms with Crippen LogP contribution in [0.3, 0.4) is 0 Å². The number of rotatable bonds is 7. The third kappa shape index (κ3) is 6.43. The van der Waals surface area contributed by atoms with Crippen molar-refractivity contribution in [2.45, 2.75) is 26.5 Å². The second-order valence-corrected chi connectivity index (χ2v) is 6.01. The highest BCUT2D eigenvalue weighted by molar-refractivity contribution is 14.0. The third-order valence-electron chi connectivity index (χ3n) is 3.92. The van der Waals surface area contributed by atoms with E-state index in [0.29, 0.717) is 32.2 Å². The van der Waals surface area contributed by atoms with Gasteiger partial charge in [0.05, 0.1) is 19.7 Å². The predicted molar refractivity (Wildman–Crippen MR) is 120 cm³/mol. The number of guanidine groups is 1. The van der Waals surface area contributed by atoms with Crippen molar-refractivity contribution in [2.75, 3.05) is 26.3 Å². The van der Waals surface area contributed by atoms with Crippen LogP contribution in [0.25, 0.3) is 0 Å². The fourth-order valence-electron chi connectivity index (χ4n) is 2.66. The molecule has 0 saturated heterocycles. The summed E-state index contributed by atoms with van der Waals surface area (Å²) >= 11 is 0. The Morgan fingerprint density at radius 1 is 1.21 bits per heavy atom. The Balaban J connectivity index is 0.00000280. The average Bonchev–Trinajstić information content (AvgIpc) is 2.70. The van der Waals surface area contributed by atoms with E-state index in [4.69, 9.17) is 14.2 Å². The zero-order valence-electron chi connectivity index (χ0n) is 16.2. The smallest absolute Gasteiger partial charge is 0.213 e. The quantitative estimate of drug-likeness (QED) is 0.348. The van der Waals surface area contributed by atoms with Gasteiger partial charge in [0.15, 0.2) is 17.5 Å². The number of aliphatic imine (C=N–C) groups is 1. The van der Waals surface area contributed by atoms with Gasteiger partial charge in [-0.05, 0) is 37.6 Å². The van der Waals surface area contributed by atoms with E-state index in [9.17, 15) is 0 Å². The molecule has 0 fully saturated rings. The van der Waals surface area contributed by atoms with Gasteiger partial charge in [-0.3, -0.25) is 0 Å². The van der Waals surface area contributed by atoms with Crippen LogP contribution in [0.1, 0.15) is 19.4 Å². The molecule has 0 bridgehead atoms. The van der Waals surface area contributed by atoms with Crippen molar-refractivity contribution >= 4 is 29.9 Å². The molecule has 2 aromatic rings. The molecule has 0 amide bonds. The van der Waals surface area contributed by atoms with E-state index in [-0.39, 0.29) is 30.1 Å². The molecule has 1 aliphatic heterocycles. The summed E-state index contributed by atoms with van der Waals surface area (Å²) in [7, 11) is 0. The summed E-state index contributed by atoms with van der Waals surface area (Å²) in [6.07, 6.45) is 1.66. The summed E-state index contributed by atoms with van der Waals surface area (Å²) < 4.78 is 17.2. The number of hydrogen-bond donors (Lipinski definition) is 2. The molecule has 1 unspecified atom stereocenters. The summed E-state index contributed by atoms with van der Waals surface area (Å²) in [5.41, 5.74) is 1.04. The molecule has 2 heterocycles. The second-order valence-electron chi connectivity index (χ2n) is 6.01. The molecule has 0 aliphatic carbocycles. The minimum Gasteiger partial charge on any atom is -0.486 e. The van der Waals surface area contributed by atoms with Crippen molar-refractivity contribution in [3.8, 4) is 17.4 Å². The monoisotopic (exact) mass is 498 g/mol. The normalized spacial score (nSPS) is 15.4. The number of para-hydroxylation sites is 2. The fraction of sp³-hybridized carbons (Fsp3) is 0.400. The highest BCUT2D eigenvalue weighted by Crippen LogP contribution is 2.30. The Labute approximate surface area is 182 Å². The van der Waals surface area contributed by atoms with Crippen molar-refractivity contribution in [2.24, 2.45) is 4.99 Å². The highest BCUT2D eigenvalue weighted by Gasteiger charge is 2.20. The molecule has 1 aromatic carbocycles. The van der Waals surface area contributed by atoms with Gasteiger partial charge in [-0.25, -0.2) is 9.98 Å². The van der Waals surface area contributed by atoms with Crippen LogP contribution in [-0.2, 0) is 6.54 Å². The van der Waals surface area contributed by atoms with E-state index in [2.05, 4.69) is 20.6 Å². The number of fused-ring (bicyclic) bond motifs is 1. The molecular formula is C20H27IN4O3. The van der Waals surface area contributed by atoms with Crippen molar-refractivity contribution < 1.29 is 14.2 Å². The lowest BCUT2D eigenvalue weighted by atomic mass is 10.2. The zero-order chi connectivity index (χ0) is 18.9. The van der Waals surface area contributed by atoms with E-state index in [1.54, 1.807) is 6.20 Å². The maximum atomic E-state index is 5.97. The maximum Gasteiger partial charge on any atom is 0.213 e. The van der Waals surface area contributed by atoms with E-state index in [0.717, 1.165) is 29.6 Å². The van der Waals surface area contributed by atoms with Crippen LogP contribution in [-0.4, -0.2) is 43.4 Å². The van der Waals surface area contributed by atoms with E-state index in [1.165, 1.54) is 0 Å². The van der Waals surface area contributed by atoms with Crippen LogP contribution in [0, 0.1) is 0 Å². The second kappa shape index (κ2) is 11.6. The average molecular weight is 498 g/mol. The molecule has 7 nitrogen and oxygen atoms in total. The molecular weight excluding hydrogens is 471 g/mol. The number of nitrogens with one attached hydrogen (secondary N) is 2. The molecule has 0 radical (unpaired) electrons. The molecule has 152 valence electrons. The van der Waals surface area contributed by atoms with Gasteiger partial charge in [-0.15, -0.1) is 24.0 Å². The van der Waals surface area contributed by atoms with E-state index in [1.807, 2.05) is 50.2 Å². The Hall–Kier alpha value is -2.23. The molecule has 8 heteroatoms. The summed E-state index contributed by atoms with van der Waals surface area (Å²) in [4.78, 5) is 8.80. The number of aromatic nitrogens is 1. The lowest BCUT2D eigenvalue weighted by Crippen LogP contribution is -2.45. The van der Waals surface area contributed by atoms with Crippen LogP contribution in [0.5, 0.6) is 17.4 Å². The lowest BCUT2D eigenvalue weighted by molar-refractivity contribution is 0.0936. The molecule has 2 N–H and O–H groups in total. The van der Waals surface area contributed by atoms with Crippen molar-refractivity contribution in [3.05, 3.63) is 48.2 Å². The van der Waals surface area contributed by atoms with Gasteiger partial charge in [-0.1, -0.05) is 12.1 Å². The van der Waals surface area contributed by atoms with Gasteiger partial charge in [0.25, 0.3) is 0 Å². The Morgan fingerprint density at radius 2 is 2.04 bits per heavy atom. The van der Waals surface area contributed by atoms with Crippen LogP contribution in [0.2, 0.25) is 0 Å². The lowest BCUT2D eigenvalue weighted by Gasteiger charge is -2.27. The first-order valence-corrected chi connectivity index (χ1v) is 9.27. The number of hydrogen-bond acceptors (Lipinski definition) is 5. The summed E-state index contributed by atoms with van der Waals surface area (Å²) in [5, 5.41) is 6.57. The number of benzene rings is 1. The van der Waals surface area contributed by atoms with Crippen LogP contribution < -0.4 is 24.8 Å². The molecule has 28 heavy (non-hydrogen) atoms. The zero-order valence-corrected chi connectivity index (χ0v) is 18.5. The predicted octanol–water partition coefficient (Wildman–Crippen LogP) is 2.99. The molecule has 1 atom stereocenters. The molecule has 0 saturated carbocycles. The Morgan fingerprint density at radius 3 is 2.82 bits per heavy atom. The standard InChI is InChI=1S/C20H26N4O3.HI/c1-3-21-20(23-12-15-9-10-22-19(11-15)25-4-2)24-13-16-14-26-17-7-5-6-8-18(17)27-16;/h5-11,16H,3-4,12-14H2,1-2H3,(H2,21,23,24);1H. The van der Waals surface area contributed by atoms with Crippen molar-refractivity contribution in [1.29, 1.82) is 0 Å². The minimum absolute atomic E-state index is 0. The first-order chi connectivity index (χ1) is 13.3. The van der Waals surface area contributed by atoms with Gasteiger partial charge in [0.2, 0.25) is 5.88 Å².